The topological polar surface area (TPSA) is 24.7 Å². The van der Waals surface area contributed by atoms with Gasteiger partial charge in [0.1, 0.15) is 0 Å². The maximum absolute atomic E-state index is 5.47. The summed E-state index contributed by atoms with van der Waals surface area (Å²) in [5.41, 5.74) is 8.26. The molecule has 1 aliphatic carbocycles. The standard InChI is InChI=1S/C34H37N2P/c1-23(2)27-17-11-18-28(24(3)4)32(27)36-34-30-20-10-14-25-13-9-19-29(31(25)30)33(34)35-21-12-22-37(5)26-15-7-6-8-16-26/h6-11,13-20,23-24H,12,21-22H2,1-5H3/b35-33+,36-34+. The van der Waals surface area contributed by atoms with Crippen molar-refractivity contribution in [2.24, 2.45) is 9.98 Å². The average Bonchev–Trinajstić information content (AvgIpc) is 3.21. The molecule has 188 valence electrons. The number of rotatable bonds is 8. The largest absolute Gasteiger partial charge is 0.282 e. The molecule has 5 rings (SSSR count). The molecule has 1 aliphatic rings. The van der Waals surface area contributed by atoms with Crippen LogP contribution >= 0.6 is 7.92 Å². The molecule has 0 fully saturated rings. The molecule has 0 amide bonds. The van der Waals surface area contributed by atoms with E-state index in [1.165, 1.54) is 44.5 Å². The molecule has 3 heteroatoms. The van der Waals surface area contributed by atoms with Crippen molar-refractivity contribution < 1.29 is 0 Å². The molecule has 2 nitrogen and oxygen atoms in total. The Bertz CT molecular complexity index is 1430. The van der Waals surface area contributed by atoms with Crippen molar-refractivity contribution in [3.63, 3.8) is 0 Å². The Morgan fingerprint density at radius 3 is 1.89 bits per heavy atom. The van der Waals surface area contributed by atoms with Gasteiger partial charge in [-0.3, -0.25) is 4.99 Å². The lowest BCUT2D eigenvalue weighted by Crippen LogP contribution is -2.12. The van der Waals surface area contributed by atoms with Crippen molar-refractivity contribution in [2.75, 3.05) is 19.4 Å². The first-order valence-corrected chi connectivity index (χ1v) is 15.5. The second-order valence-corrected chi connectivity index (χ2v) is 13.0. The lowest BCUT2D eigenvalue weighted by Gasteiger charge is -2.17. The zero-order valence-corrected chi connectivity index (χ0v) is 23.6. The molecular formula is C34H37N2P. The van der Waals surface area contributed by atoms with E-state index in [9.17, 15) is 0 Å². The van der Waals surface area contributed by atoms with E-state index in [0.29, 0.717) is 11.8 Å². The average molecular weight is 505 g/mol. The van der Waals surface area contributed by atoms with Crippen LogP contribution in [0.4, 0.5) is 5.69 Å². The molecule has 0 heterocycles. The van der Waals surface area contributed by atoms with E-state index in [4.69, 9.17) is 9.98 Å². The van der Waals surface area contributed by atoms with Crippen LogP contribution in [0.2, 0.25) is 0 Å². The highest BCUT2D eigenvalue weighted by atomic mass is 31.1. The SMILES string of the molecule is CC(C)c1cccc(C(C)C)c1/N=C1/C(=N/CCCP(C)c2ccccc2)c2cccc3cccc1c23. The van der Waals surface area contributed by atoms with Gasteiger partial charge in [0.25, 0.3) is 0 Å². The van der Waals surface area contributed by atoms with Gasteiger partial charge in [-0.15, -0.1) is 0 Å². The first-order valence-electron chi connectivity index (χ1n) is 13.5. The summed E-state index contributed by atoms with van der Waals surface area (Å²) in [6, 6.07) is 30.7. The van der Waals surface area contributed by atoms with Gasteiger partial charge in [0.15, 0.2) is 0 Å². The molecular weight excluding hydrogens is 467 g/mol. The first-order chi connectivity index (χ1) is 18.0. The molecule has 0 spiro atoms. The van der Waals surface area contributed by atoms with Crippen molar-refractivity contribution in [1.29, 1.82) is 0 Å². The van der Waals surface area contributed by atoms with Gasteiger partial charge in [-0.25, -0.2) is 4.99 Å². The fraction of sp³-hybridized carbons (Fsp3) is 0.294. The Kier molecular flexibility index (Phi) is 7.68. The van der Waals surface area contributed by atoms with Crippen LogP contribution in [0.25, 0.3) is 10.8 Å². The fourth-order valence-electron chi connectivity index (χ4n) is 5.33. The molecule has 1 atom stereocenters. The van der Waals surface area contributed by atoms with Crippen molar-refractivity contribution in [1.82, 2.24) is 0 Å². The van der Waals surface area contributed by atoms with Gasteiger partial charge < -0.3 is 0 Å². The van der Waals surface area contributed by atoms with E-state index in [2.05, 4.69) is 119 Å². The van der Waals surface area contributed by atoms with E-state index in [1.54, 1.807) is 0 Å². The Balaban J connectivity index is 1.55. The van der Waals surface area contributed by atoms with Crippen molar-refractivity contribution in [3.05, 3.63) is 107 Å². The predicted molar refractivity (Wildman–Crippen MR) is 165 cm³/mol. The quantitative estimate of drug-likeness (QED) is 0.169. The van der Waals surface area contributed by atoms with Crippen LogP contribution in [0, 0.1) is 0 Å². The monoisotopic (exact) mass is 504 g/mol. The zero-order chi connectivity index (χ0) is 25.9. The molecule has 4 aromatic carbocycles. The van der Waals surface area contributed by atoms with Gasteiger partial charge in [0, 0.05) is 23.1 Å². The van der Waals surface area contributed by atoms with Crippen molar-refractivity contribution in [2.45, 2.75) is 46.0 Å². The third-order valence-electron chi connectivity index (χ3n) is 7.32. The first kappa shape index (κ1) is 25.6. The third kappa shape index (κ3) is 5.18. The summed E-state index contributed by atoms with van der Waals surface area (Å²) >= 11 is 0. The lowest BCUT2D eigenvalue weighted by molar-refractivity contribution is 0.835. The summed E-state index contributed by atoms with van der Waals surface area (Å²) < 4.78 is 0. The zero-order valence-electron chi connectivity index (χ0n) is 22.7. The molecule has 0 bridgehead atoms. The maximum atomic E-state index is 5.47. The smallest absolute Gasteiger partial charge is 0.0974 e. The molecule has 0 N–H and O–H groups in total. The number of para-hydroxylation sites is 1. The number of hydrogen-bond donors (Lipinski definition) is 0. The Morgan fingerprint density at radius 1 is 0.676 bits per heavy atom. The molecule has 0 saturated carbocycles. The summed E-state index contributed by atoms with van der Waals surface area (Å²) in [6.07, 6.45) is 2.27. The number of benzene rings is 4. The van der Waals surface area contributed by atoms with E-state index in [1.807, 2.05) is 0 Å². The highest BCUT2D eigenvalue weighted by molar-refractivity contribution is 7.64. The summed E-state index contributed by atoms with van der Waals surface area (Å²) in [4.78, 5) is 10.7. The Labute approximate surface area is 223 Å². The molecule has 37 heavy (non-hydrogen) atoms. The number of hydrogen-bond acceptors (Lipinski definition) is 2. The van der Waals surface area contributed by atoms with Gasteiger partial charge in [-0.2, -0.15) is 0 Å². The molecule has 4 aromatic rings. The molecule has 0 saturated heterocycles. The number of nitrogens with zero attached hydrogens (tertiary/aromatic N) is 2. The van der Waals surface area contributed by atoms with E-state index in [0.717, 1.165) is 30.1 Å². The lowest BCUT2D eigenvalue weighted by atomic mass is 9.92. The third-order valence-corrected chi connectivity index (χ3v) is 9.49. The van der Waals surface area contributed by atoms with E-state index >= 15 is 0 Å². The van der Waals surface area contributed by atoms with Crippen LogP contribution < -0.4 is 5.30 Å². The van der Waals surface area contributed by atoms with Crippen LogP contribution in [0.15, 0.2) is 94.9 Å². The second kappa shape index (κ2) is 11.1. The van der Waals surface area contributed by atoms with Gasteiger partial charge in [0.2, 0.25) is 0 Å². The summed E-state index contributed by atoms with van der Waals surface area (Å²) in [5, 5.41) is 4.02. The molecule has 0 aromatic heterocycles. The Morgan fingerprint density at radius 2 is 1.27 bits per heavy atom. The fourth-order valence-corrected chi connectivity index (χ4v) is 6.88. The van der Waals surface area contributed by atoms with Crippen LogP contribution in [0.5, 0.6) is 0 Å². The molecule has 0 aliphatic heterocycles. The summed E-state index contributed by atoms with van der Waals surface area (Å²) in [6.45, 7) is 12.3. The Hall–Kier alpha value is -3.09. The maximum Gasteiger partial charge on any atom is 0.0974 e. The van der Waals surface area contributed by atoms with Crippen LogP contribution in [-0.4, -0.2) is 30.8 Å². The van der Waals surface area contributed by atoms with Crippen LogP contribution in [0.3, 0.4) is 0 Å². The minimum atomic E-state index is -0.154. The summed E-state index contributed by atoms with van der Waals surface area (Å²) in [5.74, 6) is 0.805. The minimum absolute atomic E-state index is 0.154. The van der Waals surface area contributed by atoms with Gasteiger partial charge in [-0.1, -0.05) is 121 Å². The van der Waals surface area contributed by atoms with Crippen molar-refractivity contribution >= 4 is 41.1 Å². The minimum Gasteiger partial charge on any atom is -0.282 e. The molecule has 1 unspecified atom stereocenters. The van der Waals surface area contributed by atoms with Gasteiger partial charge in [-0.05, 0) is 52.9 Å². The molecule has 0 radical (unpaired) electrons. The van der Waals surface area contributed by atoms with E-state index < -0.39 is 0 Å². The van der Waals surface area contributed by atoms with E-state index in [-0.39, 0.29) is 7.92 Å². The summed E-state index contributed by atoms with van der Waals surface area (Å²) in [7, 11) is -0.154. The normalized spacial score (nSPS) is 16.0. The highest BCUT2D eigenvalue weighted by Crippen LogP contribution is 2.38. The predicted octanol–water partition coefficient (Wildman–Crippen LogP) is 8.84. The van der Waals surface area contributed by atoms with Gasteiger partial charge >= 0.3 is 0 Å². The van der Waals surface area contributed by atoms with Crippen LogP contribution in [0.1, 0.15) is 68.2 Å². The number of aliphatic imine (C=N–C) groups is 2. The van der Waals surface area contributed by atoms with Gasteiger partial charge in [0.05, 0.1) is 17.1 Å². The second-order valence-electron chi connectivity index (χ2n) is 10.6. The van der Waals surface area contributed by atoms with Crippen LogP contribution in [-0.2, 0) is 0 Å². The van der Waals surface area contributed by atoms with Crippen molar-refractivity contribution in [3.8, 4) is 0 Å². The highest BCUT2D eigenvalue weighted by Gasteiger charge is 2.28.